The largest absolute Gasteiger partial charge is 0.337 e. The van der Waals surface area contributed by atoms with Crippen molar-refractivity contribution in [1.29, 1.82) is 0 Å². The highest BCUT2D eigenvalue weighted by molar-refractivity contribution is 5.81. The van der Waals surface area contributed by atoms with Gasteiger partial charge in [-0.2, -0.15) is 0 Å². The molecule has 18 heavy (non-hydrogen) atoms. The zero-order valence-electron chi connectivity index (χ0n) is 11.2. The molecule has 0 aliphatic heterocycles. The van der Waals surface area contributed by atoms with Gasteiger partial charge in [0.25, 0.3) is 0 Å². The Kier molecular flexibility index (Phi) is 5.28. The lowest BCUT2D eigenvalue weighted by molar-refractivity contribution is -0.134. The molecule has 0 heterocycles. The summed E-state index contributed by atoms with van der Waals surface area (Å²) in [5, 5.41) is 0. The SMILES string of the molecule is CCN(Cc1cccc(F)c1)C(=O)[C@H](N)C(C)C. The zero-order chi connectivity index (χ0) is 13.7. The lowest BCUT2D eigenvalue weighted by Crippen LogP contribution is -2.46. The third kappa shape index (κ3) is 3.81. The molecule has 0 radical (unpaired) electrons. The molecule has 0 saturated heterocycles. The maximum atomic E-state index is 13.1. The van der Waals surface area contributed by atoms with Gasteiger partial charge in [0, 0.05) is 13.1 Å². The Morgan fingerprint density at radius 1 is 1.44 bits per heavy atom. The van der Waals surface area contributed by atoms with Crippen molar-refractivity contribution in [3.63, 3.8) is 0 Å². The first-order valence-electron chi connectivity index (χ1n) is 6.24. The van der Waals surface area contributed by atoms with E-state index in [1.165, 1.54) is 12.1 Å². The van der Waals surface area contributed by atoms with Gasteiger partial charge in [-0.25, -0.2) is 4.39 Å². The summed E-state index contributed by atoms with van der Waals surface area (Å²) in [4.78, 5) is 13.8. The van der Waals surface area contributed by atoms with Crippen LogP contribution < -0.4 is 5.73 Å². The number of hydrogen-bond acceptors (Lipinski definition) is 2. The van der Waals surface area contributed by atoms with E-state index in [0.717, 1.165) is 5.56 Å². The highest BCUT2D eigenvalue weighted by atomic mass is 19.1. The Morgan fingerprint density at radius 3 is 2.61 bits per heavy atom. The topological polar surface area (TPSA) is 46.3 Å². The van der Waals surface area contributed by atoms with Crippen LogP contribution in [0.25, 0.3) is 0 Å². The second-order valence-corrected chi connectivity index (χ2v) is 4.75. The first-order chi connectivity index (χ1) is 8.45. The monoisotopic (exact) mass is 252 g/mol. The van der Waals surface area contributed by atoms with Gasteiger partial charge in [0.2, 0.25) is 5.91 Å². The van der Waals surface area contributed by atoms with Crippen LogP contribution in [0.15, 0.2) is 24.3 Å². The Hall–Kier alpha value is -1.42. The number of benzene rings is 1. The van der Waals surface area contributed by atoms with E-state index >= 15 is 0 Å². The smallest absolute Gasteiger partial charge is 0.240 e. The number of hydrogen-bond donors (Lipinski definition) is 1. The summed E-state index contributed by atoms with van der Waals surface area (Å²) >= 11 is 0. The van der Waals surface area contributed by atoms with Gasteiger partial charge in [-0.1, -0.05) is 26.0 Å². The van der Waals surface area contributed by atoms with Crippen molar-refractivity contribution >= 4 is 5.91 Å². The second-order valence-electron chi connectivity index (χ2n) is 4.75. The number of likely N-dealkylation sites (N-methyl/N-ethyl adjacent to an activating group) is 1. The molecule has 0 fully saturated rings. The summed E-state index contributed by atoms with van der Waals surface area (Å²) in [5.74, 6) is -0.278. The standard InChI is InChI=1S/C14H21FN2O/c1-4-17(14(18)13(16)10(2)3)9-11-6-5-7-12(15)8-11/h5-8,10,13H,4,9,16H2,1-3H3/t13-/m1/s1. The van der Waals surface area contributed by atoms with E-state index in [0.29, 0.717) is 13.1 Å². The Morgan fingerprint density at radius 2 is 2.11 bits per heavy atom. The summed E-state index contributed by atoms with van der Waals surface area (Å²) in [6.45, 7) is 6.69. The third-order valence-electron chi connectivity index (χ3n) is 2.96. The number of nitrogens with two attached hydrogens (primary N) is 1. The van der Waals surface area contributed by atoms with Gasteiger partial charge in [-0.15, -0.1) is 0 Å². The lowest BCUT2D eigenvalue weighted by Gasteiger charge is -2.26. The van der Waals surface area contributed by atoms with Crippen LogP contribution in [0.3, 0.4) is 0 Å². The first kappa shape index (κ1) is 14.6. The fourth-order valence-electron chi connectivity index (χ4n) is 1.70. The van der Waals surface area contributed by atoms with E-state index in [2.05, 4.69) is 0 Å². The number of carbonyl (C=O) groups is 1. The minimum absolute atomic E-state index is 0.0863. The molecule has 0 saturated carbocycles. The average molecular weight is 252 g/mol. The highest BCUT2D eigenvalue weighted by Crippen LogP contribution is 2.10. The van der Waals surface area contributed by atoms with Crippen molar-refractivity contribution in [3.8, 4) is 0 Å². The van der Waals surface area contributed by atoms with Crippen molar-refractivity contribution < 1.29 is 9.18 Å². The average Bonchev–Trinajstić information content (AvgIpc) is 2.34. The van der Waals surface area contributed by atoms with Crippen molar-refractivity contribution in [1.82, 2.24) is 4.90 Å². The second kappa shape index (κ2) is 6.50. The quantitative estimate of drug-likeness (QED) is 0.873. The number of amides is 1. The van der Waals surface area contributed by atoms with E-state index in [4.69, 9.17) is 5.73 Å². The summed E-state index contributed by atoms with van der Waals surface area (Å²) in [7, 11) is 0. The number of halogens is 1. The minimum Gasteiger partial charge on any atom is -0.337 e. The van der Waals surface area contributed by atoms with Gasteiger partial charge in [-0.3, -0.25) is 4.79 Å². The van der Waals surface area contributed by atoms with Crippen LogP contribution in [0.5, 0.6) is 0 Å². The summed E-state index contributed by atoms with van der Waals surface area (Å²) in [6.07, 6.45) is 0. The molecule has 0 unspecified atom stereocenters. The molecule has 0 aliphatic carbocycles. The van der Waals surface area contributed by atoms with Crippen molar-refractivity contribution in [2.45, 2.75) is 33.4 Å². The summed E-state index contributed by atoms with van der Waals surface area (Å²) in [5.41, 5.74) is 6.63. The molecule has 1 amide bonds. The fraction of sp³-hybridized carbons (Fsp3) is 0.500. The molecule has 0 aromatic heterocycles. The van der Waals surface area contributed by atoms with Gasteiger partial charge in [0.15, 0.2) is 0 Å². The molecule has 1 aromatic carbocycles. The predicted octanol–water partition coefficient (Wildman–Crippen LogP) is 2.16. The van der Waals surface area contributed by atoms with E-state index in [-0.39, 0.29) is 17.6 Å². The molecule has 1 atom stereocenters. The van der Waals surface area contributed by atoms with Crippen molar-refractivity contribution in [2.75, 3.05) is 6.54 Å². The van der Waals surface area contributed by atoms with Gasteiger partial charge >= 0.3 is 0 Å². The molecule has 100 valence electrons. The van der Waals surface area contributed by atoms with Crippen LogP contribution in [0, 0.1) is 11.7 Å². The van der Waals surface area contributed by atoms with Gasteiger partial charge in [-0.05, 0) is 30.5 Å². The minimum atomic E-state index is -0.501. The number of carbonyl (C=O) groups excluding carboxylic acids is 1. The molecular formula is C14H21FN2O. The van der Waals surface area contributed by atoms with E-state index in [9.17, 15) is 9.18 Å². The Bertz CT molecular complexity index is 407. The molecule has 2 N–H and O–H groups in total. The van der Waals surface area contributed by atoms with E-state index in [1.807, 2.05) is 20.8 Å². The third-order valence-corrected chi connectivity index (χ3v) is 2.96. The Balaban J connectivity index is 2.76. The number of nitrogens with zero attached hydrogens (tertiary/aromatic N) is 1. The highest BCUT2D eigenvalue weighted by Gasteiger charge is 2.22. The molecule has 0 bridgehead atoms. The van der Waals surface area contributed by atoms with E-state index < -0.39 is 6.04 Å². The summed E-state index contributed by atoms with van der Waals surface area (Å²) in [6, 6.07) is 5.78. The van der Waals surface area contributed by atoms with Gasteiger partial charge in [0.05, 0.1) is 6.04 Å². The molecule has 1 rings (SSSR count). The fourth-order valence-corrected chi connectivity index (χ4v) is 1.70. The molecular weight excluding hydrogens is 231 g/mol. The van der Waals surface area contributed by atoms with Crippen LogP contribution in [-0.4, -0.2) is 23.4 Å². The normalized spacial score (nSPS) is 12.6. The maximum Gasteiger partial charge on any atom is 0.240 e. The molecule has 0 aliphatic rings. The van der Waals surface area contributed by atoms with Gasteiger partial charge < -0.3 is 10.6 Å². The van der Waals surface area contributed by atoms with Crippen LogP contribution in [-0.2, 0) is 11.3 Å². The van der Waals surface area contributed by atoms with Crippen LogP contribution in [0.1, 0.15) is 26.3 Å². The van der Waals surface area contributed by atoms with Crippen molar-refractivity contribution in [2.24, 2.45) is 11.7 Å². The van der Waals surface area contributed by atoms with Crippen molar-refractivity contribution in [3.05, 3.63) is 35.6 Å². The van der Waals surface area contributed by atoms with Gasteiger partial charge in [0.1, 0.15) is 5.82 Å². The van der Waals surface area contributed by atoms with E-state index in [1.54, 1.807) is 17.0 Å². The Labute approximate surface area is 108 Å². The zero-order valence-corrected chi connectivity index (χ0v) is 11.2. The molecule has 3 nitrogen and oxygen atoms in total. The lowest BCUT2D eigenvalue weighted by atomic mass is 10.0. The molecule has 1 aromatic rings. The number of rotatable bonds is 5. The first-order valence-corrected chi connectivity index (χ1v) is 6.24. The summed E-state index contributed by atoms with van der Waals surface area (Å²) < 4.78 is 13.1. The predicted molar refractivity (Wildman–Crippen MR) is 70.3 cm³/mol. The van der Waals surface area contributed by atoms with Crippen LogP contribution >= 0.6 is 0 Å². The molecule has 0 spiro atoms. The molecule has 4 heteroatoms. The maximum absolute atomic E-state index is 13.1. The van der Waals surface area contributed by atoms with Crippen LogP contribution in [0.2, 0.25) is 0 Å². The van der Waals surface area contributed by atoms with Crippen LogP contribution in [0.4, 0.5) is 4.39 Å².